The fourth-order valence-corrected chi connectivity index (χ4v) is 7.90. The lowest BCUT2D eigenvalue weighted by Crippen LogP contribution is -2.26. The largest absolute Gasteiger partial charge is 0.251 e. The monoisotopic (exact) mass is 468 g/mol. The highest BCUT2D eigenvalue weighted by molar-refractivity contribution is 5.26. The Labute approximate surface area is 210 Å². The highest BCUT2D eigenvalue weighted by atomic mass is 19.1. The number of unbranched alkanes of at least 4 members (excludes halogenated alkanes) is 2. The van der Waals surface area contributed by atoms with Crippen LogP contribution in [0.15, 0.2) is 24.3 Å². The first-order chi connectivity index (χ1) is 16.7. The van der Waals surface area contributed by atoms with E-state index in [1.165, 1.54) is 82.6 Å². The molecule has 0 unspecified atom stereocenters. The van der Waals surface area contributed by atoms with Gasteiger partial charge in [0.05, 0.1) is 6.67 Å². The molecule has 1 aromatic rings. The van der Waals surface area contributed by atoms with Crippen molar-refractivity contribution in [1.29, 1.82) is 0 Å². The molecule has 34 heavy (non-hydrogen) atoms. The Hall–Kier alpha value is -0.850. The first-order valence-corrected chi connectivity index (χ1v) is 15.4. The van der Waals surface area contributed by atoms with Gasteiger partial charge in [0.25, 0.3) is 0 Å². The van der Waals surface area contributed by atoms with Crippen molar-refractivity contribution in [1.82, 2.24) is 0 Å². The molecule has 0 N–H and O–H groups in total. The molecule has 0 nitrogen and oxygen atoms in total. The Bertz CT molecular complexity index is 654. The van der Waals surface area contributed by atoms with Gasteiger partial charge in [-0.15, -0.1) is 0 Å². The third kappa shape index (κ3) is 7.83. The van der Waals surface area contributed by atoms with Gasteiger partial charge in [0.15, 0.2) is 0 Å². The van der Waals surface area contributed by atoms with Crippen molar-refractivity contribution in [3.63, 3.8) is 0 Å². The van der Waals surface area contributed by atoms with Gasteiger partial charge in [0.1, 0.15) is 0 Å². The molecule has 0 aliphatic heterocycles. The van der Waals surface area contributed by atoms with Gasteiger partial charge in [-0.2, -0.15) is 0 Å². The molecule has 3 saturated carbocycles. The normalized spacial score (nSPS) is 32.5. The van der Waals surface area contributed by atoms with Crippen LogP contribution in [-0.2, 0) is 6.42 Å². The second-order valence-electron chi connectivity index (χ2n) is 12.5. The molecule has 0 amide bonds. The Balaban J connectivity index is 1.08. The molecule has 192 valence electrons. The van der Waals surface area contributed by atoms with Gasteiger partial charge >= 0.3 is 0 Å². The van der Waals surface area contributed by atoms with Crippen molar-refractivity contribution in [2.45, 2.75) is 135 Å². The molecule has 0 radical (unpaired) electrons. The van der Waals surface area contributed by atoms with Crippen LogP contribution in [0.25, 0.3) is 0 Å². The highest BCUT2D eigenvalue weighted by Crippen LogP contribution is 2.44. The summed E-state index contributed by atoms with van der Waals surface area (Å²) in [6.07, 6.45) is 27.3. The van der Waals surface area contributed by atoms with Crippen LogP contribution in [0.1, 0.15) is 140 Å². The predicted octanol–water partition coefficient (Wildman–Crippen LogP) is 10.4. The Morgan fingerprint density at radius 2 is 1.12 bits per heavy atom. The lowest BCUT2D eigenvalue weighted by Gasteiger charge is -2.38. The molecule has 0 saturated heterocycles. The van der Waals surface area contributed by atoms with Gasteiger partial charge in [-0.25, -0.2) is 0 Å². The second kappa shape index (κ2) is 14.0. The molecule has 4 rings (SSSR count). The minimum atomic E-state index is -0.244. The van der Waals surface area contributed by atoms with Gasteiger partial charge < -0.3 is 0 Å². The number of alkyl halides is 1. The zero-order chi connectivity index (χ0) is 23.6. The van der Waals surface area contributed by atoms with E-state index in [0.717, 1.165) is 41.1 Å². The molecular formula is C33H53F. The summed E-state index contributed by atoms with van der Waals surface area (Å²) in [6, 6.07) is 8.84. The summed E-state index contributed by atoms with van der Waals surface area (Å²) in [5.41, 5.74) is 2.64. The van der Waals surface area contributed by atoms with Crippen LogP contribution >= 0.6 is 0 Å². The first-order valence-electron chi connectivity index (χ1n) is 15.4. The molecular weight excluding hydrogens is 415 g/mol. The van der Waals surface area contributed by atoms with E-state index >= 15 is 0 Å². The molecule has 3 aliphatic carbocycles. The molecule has 3 fully saturated rings. The molecule has 0 heterocycles. The summed E-state index contributed by atoms with van der Waals surface area (Å²) in [5.74, 6) is 5.96. The van der Waals surface area contributed by atoms with Crippen LogP contribution in [0, 0.1) is 29.6 Å². The van der Waals surface area contributed by atoms with E-state index in [1.807, 2.05) is 0 Å². The van der Waals surface area contributed by atoms with Gasteiger partial charge in [-0.3, -0.25) is 4.39 Å². The zero-order valence-electron chi connectivity index (χ0n) is 22.3. The summed E-state index contributed by atoms with van der Waals surface area (Å²) in [7, 11) is 0. The summed E-state index contributed by atoms with van der Waals surface area (Å²) >= 11 is 0. The molecule has 0 aromatic heterocycles. The average molecular weight is 469 g/mol. The van der Waals surface area contributed by atoms with Crippen molar-refractivity contribution >= 4 is 0 Å². The van der Waals surface area contributed by atoms with E-state index in [-0.39, 0.29) is 6.67 Å². The lowest BCUT2D eigenvalue weighted by atomic mass is 9.67. The maximum absolute atomic E-state index is 12.5. The quantitative estimate of drug-likeness (QED) is 0.283. The van der Waals surface area contributed by atoms with Gasteiger partial charge in [0, 0.05) is 6.42 Å². The topological polar surface area (TPSA) is 0 Å². The summed E-state index contributed by atoms with van der Waals surface area (Å²) in [5, 5.41) is 0. The van der Waals surface area contributed by atoms with Crippen molar-refractivity contribution in [2.24, 2.45) is 29.6 Å². The van der Waals surface area contributed by atoms with Crippen LogP contribution in [-0.4, -0.2) is 6.67 Å². The van der Waals surface area contributed by atoms with Crippen LogP contribution in [0.5, 0.6) is 0 Å². The van der Waals surface area contributed by atoms with Crippen LogP contribution < -0.4 is 0 Å². The average Bonchev–Trinajstić information content (AvgIpc) is 2.89. The zero-order valence-corrected chi connectivity index (χ0v) is 22.3. The maximum atomic E-state index is 12.5. The Kier molecular flexibility index (Phi) is 10.8. The van der Waals surface area contributed by atoms with Crippen LogP contribution in [0.3, 0.4) is 0 Å². The van der Waals surface area contributed by atoms with Crippen molar-refractivity contribution in [3.8, 4) is 0 Å². The summed E-state index contributed by atoms with van der Waals surface area (Å²) < 4.78 is 12.5. The maximum Gasteiger partial charge on any atom is 0.0934 e. The summed E-state index contributed by atoms with van der Waals surface area (Å²) in [4.78, 5) is 0. The van der Waals surface area contributed by atoms with Crippen LogP contribution in [0.2, 0.25) is 0 Å². The molecule has 0 bridgehead atoms. The molecule has 0 atom stereocenters. The summed E-state index contributed by atoms with van der Waals surface area (Å²) in [6.45, 7) is 2.09. The van der Waals surface area contributed by atoms with Crippen molar-refractivity contribution in [3.05, 3.63) is 35.4 Å². The second-order valence-corrected chi connectivity index (χ2v) is 12.5. The van der Waals surface area contributed by atoms with Gasteiger partial charge in [-0.05, 0) is 98.0 Å². The highest BCUT2D eigenvalue weighted by Gasteiger charge is 2.31. The van der Waals surface area contributed by atoms with E-state index < -0.39 is 0 Å². The van der Waals surface area contributed by atoms with Crippen molar-refractivity contribution in [2.75, 3.05) is 6.67 Å². The predicted molar refractivity (Wildman–Crippen MR) is 145 cm³/mol. The smallest absolute Gasteiger partial charge is 0.0934 e. The minimum Gasteiger partial charge on any atom is -0.251 e. The van der Waals surface area contributed by atoms with Gasteiger partial charge in [0.2, 0.25) is 0 Å². The number of rotatable bonds is 11. The molecule has 1 aromatic carbocycles. The Morgan fingerprint density at radius 1 is 0.618 bits per heavy atom. The first kappa shape index (κ1) is 26.2. The third-order valence-corrected chi connectivity index (χ3v) is 10.3. The van der Waals surface area contributed by atoms with Crippen molar-refractivity contribution < 1.29 is 4.39 Å². The standard InChI is InChI=1S/C33H53F/c1-2-3-4-5-26-8-16-30(17-9-26)31-18-10-27(11-19-31)6-7-28-12-20-32(21-13-28)33-22-14-29(15-23-33)24-25-34/h14-15,22-23,26-28,30-32H,2-13,16-21,24-25H2,1H3/t26-,27-,28?,30-,31-,32?. The molecule has 3 aliphatic rings. The van der Waals surface area contributed by atoms with Gasteiger partial charge in [-0.1, -0.05) is 95.4 Å². The lowest BCUT2D eigenvalue weighted by molar-refractivity contribution is 0.136. The van der Waals surface area contributed by atoms with E-state index in [2.05, 4.69) is 31.2 Å². The number of hydrogen-bond donors (Lipinski definition) is 0. The third-order valence-electron chi connectivity index (χ3n) is 10.3. The van der Waals surface area contributed by atoms with E-state index in [0.29, 0.717) is 6.42 Å². The fraction of sp³-hybridized carbons (Fsp3) is 0.818. The molecule has 1 heteroatoms. The molecule has 0 spiro atoms. The minimum absolute atomic E-state index is 0.244. The van der Waals surface area contributed by atoms with E-state index in [9.17, 15) is 4.39 Å². The van der Waals surface area contributed by atoms with E-state index in [4.69, 9.17) is 0 Å². The number of aryl methyl sites for hydroxylation is 1. The van der Waals surface area contributed by atoms with Crippen LogP contribution in [0.4, 0.5) is 4.39 Å². The SMILES string of the molecule is CCCCC[C@H]1CC[C@H]([C@H]2CC[C@H](CCC3CCC(c4ccc(CCF)cc4)CC3)CC2)CC1. The number of benzene rings is 1. The fourth-order valence-electron chi connectivity index (χ4n) is 7.90. The Morgan fingerprint density at radius 3 is 1.62 bits per heavy atom. The number of halogens is 1. The van der Waals surface area contributed by atoms with E-state index in [1.54, 1.807) is 38.5 Å². The number of hydrogen-bond acceptors (Lipinski definition) is 0.